The number of imide groups is 1. The Morgan fingerprint density at radius 2 is 1.75 bits per heavy atom. The van der Waals surface area contributed by atoms with Crippen molar-refractivity contribution >= 4 is 24.3 Å². The molecule has 0 radical (unpaired) electrons. The van der Waals surface area contributed by atoms with Crippen LogP contribution in [0.2, 0.25) is 0 Å². The average Bonchev–Trinajstić information content (AvgIpc) is 2.76. The van der Waals surface area contributed by atoms with E-state index >= 15 is 0 Å². The number of amides is 2. The quantitative estimate of drug-likeness (QED) is 0.368. The maximum Gasteiger partial charge on any atom is 0.511 e. The van der Waals surface area contributed by atoms with Gasteiger partial charge in [-0.3, -0.25) is 14.9 Å². The summed E-state index contributed by atoms with van der Waals surface area (Å²) < 4.78 is 4.38. The lowest BCUT2D eigenvalue weighted by Crippen LogP contribution is -2.18. The van der Waals surface area contributed by atoms with E-state index in [9.17, 15) is 19.2 Å². The molecule has 1 aromatic rings. The molecule has 2 rings (SSSR count). The molecule has 2 amide bonds. The number of hydrogen-bond donors (Lipinski definition) is 2. The summed E-state index contributed by atoms with van der Waals surface area (Å²) in [6.07, 6.45) is 0.515. The third kappa shape index (κ3) is 5.76. The highest BCUT2D eigenvalue weighted by Gasteiger charge is 2.15. The molecule has 0 spiro atoms. The largest absolute Gasteiger partial charge is 0.511 e. The first kappa shape index (κ1) is 15.4. The van der Waals surface area contributed by atoms with E-state index in [0.29, 0.717) is 19.3 Å². The van der Waals surface area contributed by atoms with Crippen molar-refractivity contribution < 1.29 is 29.0 Å². The Hall–Kier alpha value is -2.70. The summed E-state index contributed by atoms with van der Waals surface area (Å²) in [7, 11) is 0. The van der Waals surface area contributed by atoms with Crippen LogP contribution in [0, 0.1) is 0 Å². The molecule has 0 bridgehead atoms. The second-order valence-electron chi connectivity index (χ2n) is 3.85. The molecule has 1 saturated heterocycles. The SMILES string of the molecule is O=C1CCC(=O)N1.O=CCc1ccc(OC(=O)O)cc1. The maximum absolute atomic E-state index is 10.1. The second-order valence-corrected chi connectivity index (χ2v) is 3.85. The molecule has 1 aliphatic heterocycles. The van der Waals surface area contributed by atoms with Gasteiger partial charge in [0.2, 0.25) is 11.8 Å². The van der Waals surface area contributed by atoms with Gasteiger partial charge in [-0.2, -0.15) is 0 Å². The van der Waals surface area contributed by atoms with Crippen LogP contribution in [0.25, 0.3) is 0 Å². The third-order valence-electron chi connectivity index (χ3n) is 2.31. The minimum Gasteiger partial charge on any atom is -0.449 e. The predicted octanol–water partition coefficient (Wildman–Crippen LogP) is 0.908. The second kappa shape index (κ2) is 7.67. The van der Waals surface area contributed by atoms with Crippen LogP contribution in [-0.2, 0) is 20.8 Å². The van der Waals surface area contributed by atoms with Crippen molar-refractivity contribution in [1.82, 2.24) is 5.32 Å². The number of carbonyl (C=O) groups is 4. The van der Waals surface area contributed by atoms with Crippen LogP contribution >= 0.6 is 0 Å². The molecule has 1 fully saturated rings. The fourth-order valence-corrected chi connectivity index (χ4v) is 1.40. The molecule has 7 heteroatoms. The molecule has 1 heterocycles. The predicted molar refractivity (Wildman–Crippen MR) is 67.2 cm³/mol. The van der Waals surface area contributed by atoms with Crippen molar-refractivity contribution in [3.8, 4) is 5.75 Å². The van der Waals surface area contributed by atoms with Crippen molar-refractivity contribution in [2.45, 2.75) is 19.3 Å². The maximum atomic E-state index is 10.1. The zero-order chi connectivity index (χ0) is 15.0. The van der Waals surface area contributed by atoms with Gasteiger partial charge in [0.1, 0.15) is 12.0 Å². The standard InChI is InChI=1S/C9H8O4.C4H5NO2/c10-6-5-7-1-3-8(4-2-7)13-9(11)12;6-3-1-2-4(7)5-3/h1-4,6H,5H2,(H,11,12);1-2H2,(H,5,6,7). The zero-order valence-electron chi connectivity index (χ0n) is 10.5. The van der Waals surface area contributed by atoms with Crippen molar-refractivity contribution in [2.24, 2.45) is 0 Å². The number of nitrogens with one attached hydrogen (secondary N) is 1. The Bertz CT molecular complexity index is 494. The summed E-state index contributed by atoms with van der Waals surface area (Å²) in [4.78, 5) is 40.5. The number of ether oxygens (including phenoxy) is 1. The Balaban J connectivity index is 0.000000240. The van der Waals surface area contributed by atoms with Crippen LogP contribution < -0.4 is 10.1 Å². The molecule has 1 aliphatic rings. The van der Waals surface area contributed by atoms with Crippen molar-refractivity contribution in [2.75, 3.05) is 0 Å². The molecule has 2 N–H and O–H groups in total. The van der Waals surface area contributed by atoms with Gasteiger partial charge in [0, 0.05) is 19.3 Å². The van der Waals surface area contributed by atoms with Gasteiger partial charge in [-0.1, -0.05) is 12.1 Å². The van der Waals surface area contributed by atoms with Crippen molar-refractivity contribution in [3.05, 3.63) is 29.8 Å². The topological polar surface area (TPSA) is 110 Å². The van der Waals surface area contributed by atoms with Crippen LogP contribution in [0.5, 0.6) is 5.75 Å². The van der Waals surface area contributed by atoms with Crippen LogP contribution in [0.3, 0.4) is 0 Å². The average molecular weight is 279 g/mol. The first-order valence-electron chi connectivity index (χ1n) is 5.77. The van der Waals surface area contributed by atoms with Gasteiger partial charge in [0.15, 0.2) is 0 Å². The van der Waals surface area contributed by atoms with E-state index in [4.69, 9.17) is 5.11 Å². The molecular weight excluding hydrogens is 266 g/mol. The molecule has 0 aliphatic carbocycles. The van der Waals surface area contributed by atoms with Crippen molar-refractivity contribution in [3.63, 3.8) is 0 Å². The Morgan fingerprint density at radius 1 is 1.20 bits per heavy atom. The molecule has 0 aromatic heterocycles. The van der Waals surface area contributed by atoms with Crippen molar-refractivity contribution in [1.29, 1.82) is 0 Å². The highest BCUT2D eigenvalue weighted by atomic mass is 16.7. The van der Waals surface area contributed by atoms with Gasteiger partial charge >= 0.3 is 6.16 Å². The Kier molecular flexibility index (Phi) is 5.89. The van der Waals surface area contributed by atoms with Gasteiger partial charge in [-0.05, 0) is 17.7 Å². The molecule has 7 nitrogen and oxygen atoms in total. The van der Waals surface area contributed by atoms with E-state index in [2.05, 4.69) is 10.1 Å². The van der Waals surface area contributed by atoms with E-state index in [-0.39, 0.29) is 17.6 Å². The van der Waals surface area contributed by atoms with Crippen LogP contribution in [0.4, 0.5) is 4.79 Å². The molecule has 20 heavy (non-hydrogen) atoms. The highest BCUT2D eigenvalue weighted by molar-refractivity contribution is 6.01. The van der Waals surface area contributed by atoms with E-state index in [1.165, 1.54) is 12.1 Å². The van der Waals surface area contributed by atoms with Gasteiger partial charge in [-0.25, -0.2) is 4.79 Å². The Labute approximate surface area is 114 Å². The van der Waals surface area contributed by atoms with E-state index in [1.54, 1.807) is 12.1 Å². The molecule has 1 aromatic carbocycles. The van der Waals surface area contributed by atoms with Gasteiger partial charge < -0.3 is 14.6 Å². The Morgan fingerprint density at radius 3 is 2.10 bits per heavy atom. The summed E-state index contributed by atoms with van der Waals surface area (Å²) in [6, 6.07) is 6.30. The van der Waals surface area contributed by atoms with E-state index in [1.807, 2.05) is 0 Å². The third-order valence-corrected chi connectivity index (χ3v) is 2.31. The van der Waals surface area contributed by atoms with Gasteiger partial charge in [0.25, 0.3) is 0 Å². The van der Waals surface area contributed by atoms with E-state index < -0.39 is 6.16 Å². The summed E-state index contributed by atoms with van der Waals surface area (Å²) in [6.45, 7) is 0. The summed E-state index contributed by atoms with van der Waals surface area (Å²) in [5.74, 6) is -0.0443. The van der Waals surface area contributed by atoms with Gasteiger partial charge in [0.05, 0.1) is 0 Å². The fourth-order valence-electron chi connectivity index (χ4n) is 1.40. The minimum atomic E-state index is -1.34. The number of rotatable bonds is 3. The number of benzene rings is 1. The normalized spacial score (nSPS) is 13.0. The monoisotopic (exact) mass is 279 g/mol. The molecule has 0 saturated carbocycles. The lowest BCUT2D eigenvalue weighted by molar-refractivity contribution is -0.124. The van der Waals surface area contributed by atoms with Crippen LogP contribution in [0.15, 0.2) is 24.3 Å². The number of carboxylic acid groups (broad SMARTS) is 1. The number of carbonyl (C=O) groups excluding carboxylic acids is 3. The fraction of sp³-hybridized carbons (Fsp3) is 0.231. The summed E-state index contributed by atoms with van der Waals surface area (Å²) in [5.41, 5.74) is 0.827. The number of aldehydes is 1. The molecule has 106 valence electrons. The highest BCUT2D eigenvalue weighted by Crippen LogP contribution is 2.12. The van der Waals surface area contributed by atoms with E-state index in [0.717, 1.165) is 11.8 Å². The van der Waals surface area contributed by atoms with Crippen LogP contribution in [-0.4, -0.2) is 29.4 Å². The lowest BCUT2D eigenvalue weighted by atomic mass is 10.2. The minimum absolute atomic E-state index is 0.148. The smallest absolute Gasteiger partial charge is 0.449 e. The first-order chi connectivity index (χ1) is 9.51. The zero-order valence-corrected chi connectivity index (χ0v) is 10.5. The summed E-state index contributed by atoms with van der Waals surface area (Å²) >= 11 is 0. The van der Waals surface area contributed by atoms with Crippen LogP contribution in [0.1, 0.15) is 18.4 Å². The lowest BCUT2D eigenvalue weighted by Gasteiger charge is -1.99. The van der Waals surface area contributed by atoms with Gasteiger partial charge in [-0.15, -0.1) is 0 Å². The molecular formula is C13H13NO6. The molecule has 0 unspecified atom stereocenters. The first-order valence-corrected chi connectivity index (χ1v) is 5.77. The number of hydrogen-bond acceptors (Lipinski definition) is 5. The molecule has 0 atom stereocenters. The summed E-state index contributed by atoms with van der Waals surface area (Å²) in [5, 5.41) is 10.4.